The monoisotopic (exact) mass is 111 g/mol. The van der Waals surface area contributed by atoms with E-state index in [4.69, 9.17) is 11.2 Å². The van der Waals surface area contributed by atoms with Crippen LogP contribution < -0.4 is 0 Å². The van der Waals surface area contributed by atoms with E-state index < -0.39 is 0 Å². The van der Waals surface area contributed by atoms with Crippen molar-refractivity contribution in [3.05, 3.63) is 6.92 Å². The van der Waals surface area contributed by atoms with E-state index >= 15 is 0 Å². The molecule has 0 aliphatic rings. The number of rotatable bonds is 3. The molecule has 8 heavy (non-hydrogen) atoms. The Morgan fingerprint density at radius 3 is 2.88 bits per heavy atom. The van der Waals surface area contributed by atoms with Crippen molar-refractivity contribution in [1.82, 2.24) is 0 Å². The summed E-state index contributed by atoms with van der Waals surface area (Å²) in [6.45, 7) is 6.10. The lowest BCUT2D eigenvalue weighted by atomic mass is 10.4. The molecule has 0 amide bonds. The fourth-order valence-electron chi connectivity index (χ4n) is 0.308. The van der Waals surface area contributed by atoms with Crippen LogP contribution >= 0.6 is 0 Å². The van der Waals surface area contributed by atoms with Crippen LogP contribution in [-0.2, 0) is 4.74 Å². The van der Waals surface area contributed by atoms with Crippen LogP contribution in [0.5, 0.6) is 0 Å². The van der Waals surface area contributed by atoms with Crippen molar-refractivity contribution in [3.63, 3.8) is 0 Å². The summed E-state index contributed by atoms with van der Waals surface area (Å²) in [6.07, 6.45) is 5.74. The highest BCUT2D eigenvalue weighted by atomic mass is 16.5. The van der Waals surface area contributed by atoms with Crippen molar-refractivity contribution in [2.75, 3.05) is 6.61 Å². The van der Waals surface area contributed by atoms with Crippen molar-refractivity contribution in [1.29, 1.82) is 0 Å². The maximum atomic E-state index is 5.04. The van der Waals surface area contributed by atoms with Crippen LogP contribution in [0.4, 0.5) is 0 Å². The molecule has 0 heterocycles. The van der Waals surface area contributed by atoms with Crippen LogP contribution in [0.2, 0.25) is 0 Å². The van der Waals surface area contributed by atoms with Crippen molar-refractivity contribution >= 4 is 0 Å². The Morgan fingerprint density at radius 2 is 2.50 bits per heavy atom. The molecule has 0 N–H and O–H groups in total. The normalized spacial score (nSPS) is 12.6. The summed E-state index contributed by atoms with van der Waals surface area (Å²) in [7, 11) is 0. The summed E-state index contributed by atoms with van der Waals surface area (Å²) in [5.74, 6) is 2.45. The molecular weight excluding hydrogens is 100 g/mol. The van der Waals surface area contributed by atoms with Crippen LogP contribution in [0.15, 0.2) is 0 Å². The zero-order valence-corrected chi connectivity index (χ0v) is 5.18. The first-order chi connectivity index (χ1) is 3.81. The van der Waals surface area contributed by atoms with Gasteiger partial charge >= 0.3 is 0 Å². The second-order valence-electron chi connectivity index (χ2n) is 1.53. The third-order valence-electron chi connectivity index (χ3n) is 0.747. The highest BCUT2D eigenvalue weighted by molar-refractivity contribution is 4.91. The highest BCUT2D eigenvalue weighted by Gasteiger charge is 1.90. The van der Waals surface area contributed by atoms with E-state index in [2.05, 4.69) is 12.8 Å². The Balaban J connectivity index is 3.02. The molecule has 0 aliphatic carbocycles. The molecule has 1 radical (unpaired) electrons. The molecular formula is C7H11O. The van der Waals surface area contributed by atoms with Gasteiger partial charge in [0.05, 0.1) is 0 Å². The second-order valence-corrected chi connectivity index (χ2v) is 1.53. The summed E-state index contributed by atoms with van der Waals surface area (Å²) in [5.41, 5.74) is 0. The molecule has 1 atom stereocenters. The van der Waals surface area contributed by atoms with Gasteiger partial charge in [0.25, 0.3) is 0 Å². The van der Waals surface area contributed by atoms with Gasteiger partial charge in [-0.25, -0.2) is 0 Å². The molecule has 0 fully saturated rings. The molecule has 0 bridgehead atoms. The summed E-state index contributed by atoms with van der Waals surface area (Å²) >= 11 is 0. The van der Waals surface area contributed by atoms with Gasteiger partial charge in [-0.15, -0.1) is 6.42 Å². The molecule has 0 saturated carbocycles. The topological polar surface area (TPSA) is 9.23 Å². The first-order valence-electron chi connectivity index (χ1n) is 2.68. The summed E-state index contributed by atoms with van der Waals surface area (Å²) in [4.78, 5) is 0. The number of ether oxygens (including phenoxy) is 1. The standard InChI is InChI=1S/C7H11O/c1-4-6-8-7(3)5-2/h2,7H,1,4,6H2,3H3. The van der Waals surface area contributed by atoms with Crippen molar-refractivity contribution < 1.29 is 4.74 Å². The van der Waals surface area contributed by atoms with Crippen LogP contribution in [0.3, 0.4) is 0 Å². The molecule has 1 unspecified atom stereocenters. The van der Waals surface area contributed by atoms with Crippen LogP contribution in [0, 0.1) is 19.3 Å². The number of terminal acetylenes is 1. The molecule has 0 saturated heterocycles. The van der Waals surface area contributed by atoms with Gasteiger partial charge in [-0.3, -0.25) is 0 Å². The molecule has 0 aromatic heterocycles. The minimum atomic E-state index is -0.0586. The molecule has 0 aromatic carbocycles. The molecule has 45 valence electrons. The summed E-state index contributed by atoms with van der Waals surface area (Å²) in [6, 6.07) is 0. The Hall–Kier alpha value is -0.480. The minimum Gasteiger partial charge on any atom is -0.366 e. The maximum absolute atomic E-state index is 5.04. The zero-order valence-electron chi connectivity index (χ0n) is 5.18. The van der Waals surface area contributed by atoms with Gasteiger partial charge in [0.15, 0.2) is 0 Å². The molecule has 0 spiro atoms. The Bertz CT molecular complexity index is 80.9. The lowest BCUT2D eigenvalue weighted by molar-refractivity contribution is 0.107. The first kappa shape index (κ1) is 7.52. The van der Waals surface area contributed by atoms with Crippen LogP contribution in [0.1, 0.15) is 13.3 Å². The van der Waals surface area contributed by atoms with Crippen LogP contribution in [0.25, 0.3) is 0 Å². The molecule has 1 nitrogen and oxygen atoms in total. The zero-order chi connectivity index (χ0) is 6.41. The van der Waals surface area contributed by atoms with Crippen molar-refractivity contribution in [2.45, 2.75) is 19.4 Å². The predicted octanol–water partition coefficient (Wildman–Crippen LogP) is 1.25. The van der Waals surface area contributed by atoms with E-state index in [1.807, 2.05) is 6.92 Å². The van der Waals surface area contributed by atoms with Crippen LogP contribution in [-0.4, -0.2) is 12.7 Å². The average Bonchev–Trinajstić information content (AvgIpc) is 1.83. The van der Waals surface area contributed by atoms with Gasteiger partial charge in [-0.05, 0) is 13.3 Å². The van der Waals surface area contributed by atoms with Gasteiger partial charge < -0.3 is 4.74 Å². The largest absolute Gasteiger partial charge is 0.366 e. The average molecular weight is 111 g/mol. The third-order valence-corrected chi connectivity index (χ3v) is 0.747. The SMILES string of the molecule is C#CC(C)OCC[CH2]. The lowest BCUT2D eigenvalue weighted by Crippen LogP contribution is -2.04. The highest BCUT2D eigenvalue weighted by Crippen LogP contribution is 1.87. The van der Waals surface area contributed by atoms with Crippen molar-refractivity contribution in [3.8, 4) is 12.3 Å². The van der Waals surface area contributed by atoms with E-state index in [1.54, 1.807) is 0 Å². The van der Waals surface area contributed by atoms with E-state index in [0.717, 1.165) is 6.42 Å². The van der Waals surface area contributed by atoms with Gasteiger partial charge in [-0.1, -0.05) is 12.8 Å². The Morgan fingerprint density at radius 1 is 1.88 bits per heavy atom. The fraction of sp³-hybridized carbons (Fsp3) is 0.571. The Labute approximate surface area is 51.0 Å². The van der Waals surface area contributed by atoms with E-state index in [0.29, 0.717) is 6.61 Å². The predicted molar refractivity (Wildman–Crippen MR) is 34.2 cm³/mol. The third kappa shape index (κ3) is 3.70. The molecule has 1 heteroatoms. The first-order valence-corrected chi connectivity index (χ1v) is 2.68. The molecule has 0 aromatic rings. The minimum absolute atomic E-state index is 0.0586. The molecule has 0 rings (SSSR count). The van der Waals surface area contributed by atoms with Gasteiger partial charge in [-0.2, -0.15) is 0 Å². The summed E-state index contributed by atoms with van der Waals surface area (Å²) in [5, 5.41) is 0. The Kier molecular flexibility index (Phi) is 4.39. The maximum Gasteiger partial charge on any atom is 0.115 e. The summed E-state index contributed by atoms with van der Waals surface area (Å²) < 4.78 is 5.04. The lowest BCUT2D eigenvalue weighted by Gasteiger charge is -2.02. The smallest absolute Gasteiger partial charge is 0.115 e. The van der Waals surface area contributed by atoms with E-state index in [9.17, 15) is 0 Å². The van der Waals surface area contributed by atoms with Gasteiger partial charge in [0, 0.05) is 6.61 Å². The van der Waals surface area contributed by atoms with E-state index in [-0.39, 0.29) is 6.10 Å². The quantitative estimate of drug-likeness (QED) is 0.498. The number of hydrogen-bond donors (Lipinski definition) is 0. The van der Waals surface area contributed by atoms with Crippen molar-refractivity contribution in [2.24, 2.45) is 0 Å². The fourth-order valence-corrected chi connectivity index (χ4v) is 0.308. The second kappa shape index (κ2) is 4.67. The number of hydrogen-bond acceptors (Lipinski definition) is 1. The van der Waals surface area contributed by atoms with E-state index in [1.165, 1.54) is 0 Å². The van der Waals surface area contributed by atoms with Gasteiger partial charge in [0.1, 0.15) is 6.10 Å². The van der Waals surface area contributed by atoms with Gasteiger partial charge in [0.2, 0.25) is 0 Å². The molecule has 0 aliphatic heterocycles.